The van der Waals surface area contributed by atoms with Gasteiger partial charge >= 0.3 is 20.4 Å². The average Bonchev–Trinajstić information content (AvgIpc) is 2.47. The summed E-state index contributed by atoms with van der Waals surface area (Å²) >= 11 is 0. The van der Waals surface area contributed by atoms with Gasteiger partial charge in [-0.3, -0.25) is 0 Å². The van der Waals surface area contributed by atoms with Crippen molar-refractivity contribution in [3.05, 3.63) is 27.0 Å². The molecule has 0 radical (unpaired) electrons. The molecule has 0 amide bonds. The van der Waals surface area contributed by atoms with Gasteiger partial charge in [-0.05, 0) is 58.3 Å². The topological polar surface area (TPSA) is 0 Å². The quantitative estimate of drug-likeness (QED) is 0.211. The van der Waals surface area contributed by atoms with Crippen molar-refractivity contribution in [1.82, 2.24) is 0 Å². The van der Waals surface area contributed by atoms with E-state index in [2.05, 4.69) is 13.5 Å². The molecule has 2 rings (SSSR count). The van der Waals surface area contributed by atoms with Gasteiger partial charge in [-0.1, -0.05) is 18.9 Å². The van der Waals surface area contributed by atoms with Gasteiger partial charge in [-0.15, -0.1) is 13.0 Å². The molecule has 2 fully saturated rings. The first-order chi connectivity index (χ1) is 9.33. The van der Waals surface area contributed by atoms with E-state index in [0.29, 0.717) is 0 Å². The van der Waals surface area contributed by atoms with E-state index in [0.717, 1.165) is 0 Å². The van der Waals surface area contributed by atoms with Crippen LogP contribution in [0.5, 0.6) is 0 Å². The Morgan fingerprint density at radius 2 is 1.29 bits per heavy atom. The minimum Gasteiger partial charge on any atom is -0.358 e. The summed E-state index contributed by atoms with van der Waals surface area (Å²) in [5.74, 6) is 0. The van der Waals surface area contributed by atoms with Gasteiger partial charge in [-0.25, -0.2) is 0 Å². The van der Waals surface area contributed by atoms with E-state index in [1.54, 1.807) is 31.8 Å². The SMILES string of the molecule is C=CC.[CH2-]CC[PH+](C1CCCCC1)C1CCCCC1.[CH3-].[Pd+2]. The molecule has 2 aliphatic carbocycles. The van der Waals surface area contributed by atoms with Crippen molar-refractivity contribution in [1.29, 1.82) is 0 Å². The fraction of sp³-hybridized carbons (Fsp3) is 0.789. The Morgan fingerprint density at radius 3 is 1.57 bits per heavy atom. The third kappa shape index (κ3) is 9.54. The summed E-state index contributed by atoms with van der Waals surface area (Å²) in [7, 11) is -0.0593. The van der Waals surface area contributed by atoms with Gasteiger partial charge < -0.3 is 14.4 Å². The maximum absolute atomic E-state index is 4.14. The average molecular weight is 404 g/mol. The molecule has 0 aromatic heterocycles. The van der Waals surface area contributed by atoms with Crippen molar-refractivity contribution in [3.63, 3.8) is 0 Å². The number of allylic oxidation sites excluding steroid dienone is 1. The van der Waals surface area contributed by atoms with Gasteiger partial charge in [0, 0.05) is 14.1 Å². The second kappa shape index (κ2) is 15.7. The van der Waals surface area contributed by atoms with Crippen LogP contribution in [0, 0.1) is 14.4 Å². The Morgan fingerprint density at radius 1 is 0.952 bits per heavy atom. The number of hydrogen-bond donors (Lipinski definition) is 0. The Balaban J connectivity index is 0. The van der Waals surface area contributed by atoms with E-state index in [4.69, 9.17) is 0 Å². The second-order valence-electron chi connectivity index (χ2n) is 6.26. The van der Waals surface area contributed by atoms with Crippen molar-refractivity contribution in [2.24, 2.45) is 0 Å². The molecule has 2 saturated carbocycles. The molecule has 0 aromatic rings. The van der Waals surface area contributed by atoms with Crippen molar-refractivity contribution in [2.75, 3.05) is 6.16 Å². The summed E-state index contributed by atoms with van der Waals surface area (Å²) in [5.41, 5.74) is 2.34. The third-order valence-electron chi connectivity index (χ3n) is 4.72. The molecule has 0 spiro atoms. The zero-order valence-corrected chi connectivity index (χ0v) is 17.0. The number of rotatable bonds is 4. The smallest absolute Gasteiger partial charge is 0.358 e. The first-order valence-electron chi connectivity index (χ1n) is 8.55. The standard InChI is InChI=1S/C15H28P.C3H6.CH3.Pd/c1-2-13-16(14-9-5-3-6-10-14)15-11-7-4-8-12-15;1-3-2;;/h14-15H,1-13H2;3H,1H2,2H3;1H3;/q-1;;-1;+2/p+1. The fourth-order valence-corrected chi connectivity index (χ4v) is 8.08. The Kier molecular flexibility index (Phi) is 18.0. The van der Waals surface area contributed by atoms with Crippen molar-refractivity contribution < 1.29 is 20.4 Å². The van der Waals surface area contributed by atoms with Crippen molar-refractivity contribution >= 4 is 7.92 Å². The van der Waals surface area contributed by atoms with Crippen LogP contribution in [0.15, 0.2) is 12.7 Å². The van der Waals surface area contributed by atoms with Crippen LogP contribution in [0.25, 0.3) is 0 Å². The fourth-order valence-electron chi connectivity index (χ4n) is 3.89. The van der Waals surface area contributed by atoms with E-state index >= 15 is 0 Å². The minimum atomic E-state index is -0.0593. The van der Waals surface area contributed by atoms with Gasteiger partial charge in [0.05, 0.1) is 11.3 Å². The molecule has 0 aromatic carbocycles. The van der Waals surface area contributed by atoms with Crippen LogP contribution >= 0.6 is 7.92 Å². The first-order valence-corrected chi connectivity index (χ1v) is 10.4. The predicted octanol–water partition coefficient (Wildman–Crippen LogP) is 6.73. The van der Waals surface area contributed by atoms with Gasteiger partial charge in [0.15, 0.2) is 0 Å². The molecule has 0 unspecified atom stereocenters. The van der Waals surface area contributed by atoms with Crippen LogP contribution in [0.3, 0.4) is 0 Å². The monoisotopic (exact) mass is 403 g/mol. The van der Waals surface area contributed by atoms with E-state index < -0.39 is 0 Å². The van der Waals surface area contributed by atoms with Crippen LogP contribution in [0.2, 0.25) is 0 Å². The van der Waals surface area contributed by atoms with E-state index in [-0.39, 0.29) is 35.8 Å². The van der Waals surface area contributed by atoms with Crippen molar-refractivity contribution in [2.45, 2.75) is 88.9 Å². The maximum Gasteiger partial charge on any atom is 2.00 e. The molecule has 2 aliphatic rings. The Bertz CT molecular complexity index is 200. The van der Waals surface area contributed by atoms with Crippen LogP contribution in [0.1, 0.15) is 77.6 Å². The largest absolute Gasteiger partial charge is 2.00 e. The summed E-state index contributed by atoms with van der Waals surface area (Å²) < 4.78 is 0. The molecule has 0 nitrogen and oxygen atoms in total. The summed E-state index contributed by atoms with van der Waals surface area (Å²) in [6.45, 7) is 9.39. The Labute approximate surface area is 150 Å². The second-order valence-corrected chi connectivity index (χ2v) is 9.54. The van der Waals surface area contributed by atoms with Crippen LogP contribution in [0.4, 0.5) is 0 Å². The van der Waals surface area contributed by atoms with Gasteiger partial charge in [0.25, 0.3) is 0 Å². The van der Waals surface area contributed by atoms with Gasteiger partial charge in [-0.2, -0.15) is 0 Å². The van der Waals surface area contributed by atoms with E-state index in [1.807, 2.05) is 6.92 Å². The molecular formula is C19H38PPd+. The molecule has 0 N–H and O–H groups in total. The van der Waals surface area contributed by atoms with Gasteiger partial charge in [0.2, 0.25) is 0 Å². The molecule has 0 bridgehead atoms. The maximum atomic E-state index is 4.14. The van der Waals surface area contributed by atoms with Crippen LogP contribution < -0.4 is 0 Å². The molecule has 21 heavy (non-hydrogen) atoms. The molecule has 0 atom stereocenters. The molecule has 2 heteroatoms. The molecule has 0 aliphatic heterocycles. The van der Waals surface area contributed by atoms with Crippen molar-refractivity contribution in [3.8, 4) is 0 Å². The Hall–Kier alpha value is 0.832. The zero-order valence-electron chi connectivity index (χ0n) is 14.4. The van der Waals surface area contributed by atoms with E-state index in [1.165, 1.54) is 62.4 Å². The molecule has 0 saturated heterocycles. The zero-order chi connectivity index (χ0) is 13.9. The van der Waals surface area contributed by atoms with Crippen LogP contribution in [-0.4, -0.2) is 17.5 Å². The molecular weight excluding hydrogens is 366 g/mol. The number of hydrogen-bond acceptors (Lipinski definition) is 0. The van der Waals surface area contributed by atoms with Gasteiger partial charge in [0.1, 0.15) is 0 Å². The summed E-state index contributed by atoms with van der Waals surface area (Å²) in [6.07, 6.45) is 19.9. The summed E-state index contributed by atoms with van der Waals surface area (Å²) in [5, 5.41) is 0. The molecule has 0 heterocycles. The normalized spacial score (nSPS) is 19.8. The molecule has 128 valence electrons. The summed E-state index contributed by atoms with van der Waals surface area (Å²) in [4.78, 5) is 0. The van der Waals surface area contributed by atoms with E-state index in [9.17, 15) is 0 Å². The first kappa shape index (κ1) is 24.1. The van der Waals surface area contributed by atoms with Crippen LogP contribution in [-0.2, 0) is 20.4 Å². The predicted molar refractivity (Wildman–Crippen MR) is 99.2 cm³/mol. The third-order valence-corrected chi connectivity index (χ3v) is 8.91. The minimum absolute atomic E-state index is 0. The summed E-state index contributed by atoms with van der Waals surface area (Å²) in [6, 6.07) is 0.